The van der Waals surface area contributed by atoms with E-state index in [2.05, 4.69) is 6.58 Å². The molecule has 1 saturated carbocycles. The first kappa shape index (κ1) is 20.2. The fourth-order valence-electron chi connectivity index (χ4n) is 2.91. The van der Waals surface area contributed by atoms with Crippen molar-refractivity contribution in [1.82, 2.24) is 0 Å². The van der Waals surface area contributed by atoms with Gasteiger partial charge in [-0.25, -0.2) is 4.79 Å². The highest BCUT2D eigenvalue weighted by molar-refractivity contribution is 5.98. The number of rotatable bonds is 10. The third-order valence-corrected chi connectivity index (χ3v) is 4.42. The van der Waals surface area contributed by atoms with Crippen molar-refractivity contribution in [3.8, 4) is 0 Å². The molecule has 2 N–H and O–H groups in total. The van der Waals surface area contributed by atoms with E-state index in [0.717, 1.165) is 32.1 Å². The molecule has 1 unspecified atom stereocenters. The molecule has 0 aromatic heterocycles. The summed E-state index contributed by atoms with van der Waals surface area (Å²) in [6.45, 7) is 5.51. The lowest BCUT2D eigenvalue weighted by atomic mass is 9.75. The average Bonchev–Trinajstić information content (AvgIpc) is 2.53. The molecule has 0 saturated heterocycles. The Hall–Kier alpha value is -1.89. The lowest BCUT2D eigenvalue weighted by Crippen LogP contribution is -2.40. The Labute approximate surface area is 141 Å². The van der Waals surface area contributed by atoms with Crippen LogP contribution in [0.4, 0.5) is 0 Å². The predicted octanol–water partition coefficient (Wildman–Crippen LogP) is 2.39. The van der Waals surface area contributed by atoms with E-state index in [-0.39, 0.29) is 19.1 Å². The van der Waals surface area contributed by atoms with E-state index in [1.807, 2.05) is 0 Å². The molecule has 1 rings (SSSR count). The lowest BCUT2D eigenvalue weighted by Gasteiger charge is -2.30. The van der Waals surface area contributed by atoms with Crippen molar-refractivity contribution < 1.29 is 34.1 Å². The van der Waals surface area contributed by atoms with Crippen molar-refractivity contribution in [3.63, 3.8) is 0 Å². The molecule has 0 radical (unpaired) electrons. The summed E-state index contributed by atoms with van der Waals surface area (Å²) < 4.78 is 10.5. The van der Waals surface area contributed by atoms with E-state index in [9.17, 15) is 24.6 Å². The summed E-state index contributed by atoms with van der Waals surface area (Å²) in [6.07, 6.45) is 3.61. The van der Waals surface area contributed by atoms with Gasteiger partial charge in [0.1, 0.15) is 11.5 Å². The molecule has 1 aliphatic rings. The molecule has 7 nitrogen and oxygen atoms in total. The molecule has 136 valence electrons. The van der Waals surface area contributed by atoms with Crippen molar-refractivity contribution >= 4 is 17.9 Å². The van der Waals surface area contributed by atoms with Crippen LogP contribution in [0.1, 0.15) is 51.9 Å². The second-order valence-corrected chi connectivity index (χ2v) is 6.04. The van der Waals surface area contributed by atoms with Crippen molar-refractivity contribution in [1.29, 1.82) is 0 Å². The molecule has 1 aliphatic carbocycles. The summed E-state index contributed by atoms with van der Waals surface area (Å²) in [7, 11) is 0. The normalized spacial score (nSPS) is 17.7. The standard InChI is InChI=1S/C17H26O7/c1-3-23-10-9-17(16(21)22,12(2)15(19)20)11-14(18)24-13-7-5-4-6-8-13/h13H,2-11H2,1H3,(H,19,20)(H,21,22). The number of hydrogen-bond acceptors (Lipinski definition) is 5. The molecule has 1 fully saturated rings. The van der Waals surface area contributed by atoms with Gasteiger partial charge in [-0.2, -0.15) is 0 Å². The first-order valence-corrected chi connectivity index (χ1v) is 8.26. The number of carbonyl (C=O) groups excluding carboxylic acids is 1. The van der Waals surface area contributed by atoms with Gasteiger partial charge in [-0.3, -0.25) is 9.59 Å². The van der Waals surface area contributed by atoms with Gasteiger partial charge in [-0.05, 0) is 39.0 Å². The maximum Gasteiger partial charge on any atom is 0.332 e. The second-order valence-electron chi connectivity index (χ2n) is 6.04. The number of carboxylic acids is 2. The molecule has 24 heavy (non-hydrogen) atoms. The highest BCUT2D eigenvalue weighted by Gasteiger charge is 2.46. The van der Waals surface area contributed by atoms with Crippen LogP contribution in [0.2, 0.25) is 0 Å². The molecule has 0 amide bonds. The summed E-state index contributed by atoms with van der Waals surface area (Å²) in [5.41, 5.74) is -2.46. The van der Waals surface area contributed by atoms with Crippen molar-refractivity contribution in [2.24, 2.45) is 5.41 Å². The quantitative estimate of drug-likeness (QED) is 0.356. The van der Waals surface area contributed by atoms with Gasteiger partial charge in [0.25, 0.3) is 0 Å². The van der Waals surface area contributed by atoms with Gasteiger partial charge in [0.05, 0.1) is 6.42 Å². The lowest BCUT2D eigenvalue weighted by molar-refractivity contribution is -0.162. The smallest absolute Gasteiger partial charge is 0.332 e. The number of carbonyl (C=O) groups is 3. The molecule has 0 bridgehead atoms. The number of ether oxygens (including phenoxy) is 2. The average molecular weight is 342 g/mol. The predicted molar refractivity (Wildman–Crippen MR) is 85.5 cm³/mol. The number of aliphatic carboxylic acids is 2. The Morgan fingerprint density at radius 1 is 1.17 bits per heavy atom. The van der Waals surface area contributed by atoms with Gasteiger partial charge in [-0.15, -0.1) is 0 Å². The van der Waals surface area contributed by atoms with Crippen LogP contribution >= 0.6 is 0 Å². The number of carboxylic acid groups (broad SMARTS) is 2. The van der Waals surface area contributed by atoms with Gasteiger partial charge < -0.3 is 19.7 Å². The van der Waals surface area contributed by atoms with Crippen LogP contribution in [0.25, 0.3) is 0 Å². The van der Waals surface area contributed by atoms with E-state index >= 15 is 0 Å². The summed E-state index contributed by atoms with van der Waals surface area (Å²) >= 11 is 0. The molecule has 0 spiro atoms. The molecular formula is C17H26O7. The van der Waals surface area contributed by atoms with Crippen molar-refractivity contribution in [3.05, 3.63) is 12.2 Å². The van der Waals surface area contributed by atoms with Gasteiger partial charge in [-0.1, -0.05) is 13.0 Å². The van der Waals surface area contributed by atoms with Crippen LogP contribution in [-0.2, 0) is 23.9 Å². The summed E-state index contributed by atoms with van der Waals surface area (Å²) in [5.74, 6) is -3.56. The number of esters is 1. The van der Waals surface area contributed by atoms with Gasteiger partial charge in [0, 0.05) is 18.8 Å². The van der Waals surface area contributed by atoms with Crippen LogP contribution in [0.3, 0.4) is 0 Å². The van der Waals surface area contributed by atoms with Crippen LogP contribution in [-0.4, -0.2) is 47.4 Å². The van der Waals surface area contributed by atoms with E-state index in [0.29, 0.717) is 6.61 Å². The third kappa shape index (κ3) is 5.33. The first-order chi connectivity index (χ1) is 11.3. The zero-order chi connectivity index (χ0) is 18.2. The van der Waals surface area contributed by atoms with Crippen molar-refractivity contribution in [2.45, 2.75) is 58.0 Å². The maximum absolute atomic E-state index is 12.2. The zero-order valence-corrected chi connectivity index (χ0v) is 14.1. The minimum absolute atomic E-state index is 0.0197. The Morgan fingerprint density at radius 3 is 2.29 bits per heavy atom. The Morgan fingerprint density at radius 2 is 1.79 bits per heavy atom. The molecule has 0 aromatic rings. The fourth-order valence-corrected chi connectivity index (χ4v) is 2.91. The molecule has 0 aliphatic heterocycles. The largest absolute Gasteiger partial charge is 0.481 e. The monoisotopic (exact) mass is 342 g/mol. The molecule has 0 heterocycles. The Balaban J connectivity index is 2.88. The van der Waals surface area contributed by atoms with Crippen LogP contribution < -0.4 is 0 Å². The van der Waals surface area contributed by atoms with Gasteiger partial charge in [0.15, 0.2) is 0 Å². The summed E-state index contributed by atoms with van der Waals surface area (Å²) in [5, 5.41) is 18.8. The minimum atomic E-state index is -1.92. The zero-order valence-electron chi connectivity index (χ0n) is 14.1. The van der Waals surface area contributed by atoms with Gasteiger partial charge in [0.2, 0.25) is 0 Å². The summed E-state index contributed by atoms with van der Waals surface area (Å²) in [6, 6.07) is 0. The molecular weight excluding hydrogens is 316 g/mol. The third-order valence-electron chi connectivity index (χ3n) is 4.42. The van der Waals surface area contributed by atoms with Crippen molar-refractivity contribution in [2.75, 3.05) is 13.2 Å². The molecule has 0 aromatic carbocycles. The van der Waals surface area contributed by atoms with Gasteiger partial charge >= 0.3 is 17.9 Å². The Kier molecular flexibility index (Phi) is 7.91. The van der Waals surface area contributed by atoms with E-state index < -0.39 is 35.3 Å². The van der Waals surface area contributed by atoms with Crippen LogP contribution in [0.5, 0.6) is 0 Å². The minimum Gasteiger partial charge on any atom is -0.481 e. The highest BCUT2D eigenvalue weighted by Crippen LogP contribution is 2.36. The molecule has 1 atom stereocenters. The second kappa shape index (κ2) is 9.42. The van der Waals surface area contributed by atoms with Crippen LogP contribution in [0.15, 0.2) is 12.2 Å². The van der Waals surface area contributed by atoms with Crippen LogP contribution in [0, 0.1) is 5.41 Å². The molecule has 7 heteroatoms. The highest BCUT2D eigenvalue weighted by atomic mass is 16.5. The maximum atomic E-state index is 12.2. The summed E-state index contributed by atoms with van der Waals surface area (Å²) in [4.78, 5) is 35.3. The van der Waals surface area contributed by atoms with E-state index in [1.54, 1.807) is 6.92 Å². The fraction of sp³-hybridized carbons (Fsp3) is 0.706. The number of hydrogen-bond donors (Lipinski definition) is 2. The topological polar surface area (TPSA) is 110 Å². The first-order valence-electron chi connectivity index (χ1n) is 8.26. The van der Waals surface area contributed by atoms with E-state index in [4.69, 9.17) is 9.47 Å². The van der Waals surface area contributed by atoms with E-state index in [1.165, 1.54) is 0 Å². The Bertz CT molecular complexity index is 479. The SMILES string of the molecule is C=C(C(=O)O)C(CCOCC)(CC(=O)OC1CCCCC1)C(=O)O.